The van der Waals surface area contributed by atoms with E-state index in [0.29, 0.717) is 12.0 Å². The third-order valence-electron chi connectivity index (χ3n) is 2.73. The van der Waals surface area contributed by atoms with Crippen molar-refractivity contribution in [2.45, 2.75) is 17.8 Å². The number of halogens is 2. The van der Waals surface area contributed by atoms with Gasteiger partial charge in [-0.05, 0) is 11.6 Å². The van der Waals surface area contributed by atoms with E-state index in [-0.39, 0.29) is 10.3 Å². The minimum absolute atomic E-state index is 0.139. The molecule has 0 bridgehead atoms. The van der Waals surface area contributed by atoms with Crippen LogP contribution in [0.3, 0.4) is 0 Å². The lowest BCUT2D eigenvalue weighted by atomic mass is 10.1. The van der Waals surface area contributed by atoms with Crippen LogP contribution in [0.5, 0.6) is 0 Å². The van der Waals surface area contributed by atoms with Gasteiger partial charge < -0.3 is 5.11 Å². The van der Waals surface area contributed by atoms with E-state index in [2.05, 4.69) is 0 Å². The highest BCUT2D eigenvalue weighted by molar-refractivity contribution is 8.06. The summed E-state index contributed by atoms with van der Waals surface area (Å²) >= 11 is 9.53. The molecule has 1 aliphatic rings. The van der Waals surface area contributed by atoms with Crippen LogP contribution in [0.25, 0.3) is 0 Å². The van der Waals surface area contributed by atoms with Crippen molar-refractivity contribution < 1.29 is 9.50 Å². The minimum Gasteiger partial charge on any atom is -0.392 e. The molecule has 1 fully saturated rings. The Morgan fingerprint density at radius 2 is 2.29 bits per heavy atom. The Morgan fingerprint density at radius 3 is 3.00 bits per heavy atom. The van der Waals surface area contributed by atoms with Crippen LogP contribution in [0.15, 0.2) is 18.2 Å². The number of hydrogen-bond donors (Lipinski definition) is 1. The van der Waals surface area contributed by atoms with Crippen LogP contribution < -0.4 is 0 Å². The molecule has 1 nitrogen and oxygen atoms in total. The van der Waals surface area contributed by atoms with Gasteiger partial charge in [0.25, 0.3) is 0 Å². The van der Waals surface area contributed by atoms with E-state index in [9.17, 15) is 9.50 Å². The zero-order valence-electron chi connectivity index (χ0n) is 9.23. The summed E-state index contributed by atoms with van der Waals surface area (Å²) in [6.45, 7) is 0. The predicted octanol–water partition coefficient (Wildman–Crippen LogP) is 3.23. The molecule has 0 amide bonds. The van der Waals surface area contributed by atoms with E-state index in [1.807, 2.05) is 11.8 Å². The SMILES string of the molecule is OC(Cc1cccc(F)c1Cl)C1CSCCS1. The predicted molar refractivity (Wildman–Crippen MR) is 74.7 cm³/mol. The van der Waals surface area contributed by atoms with Gasteiger partial charge in [-0.1, -0.05) is 23.7 Å². The Morgan fingerprint density at radius 1 is 1.47 bits per heavy atom. The van der Waals surface area contributed by atoms with Crippen LogP contribution in [0.1, 0.15) is 5.56 Å². The summed E-state index contributed by atoms with van der Waals surface area (Å²) in [5, 5.41) is 10.5. The van der Waals surface area contributed by atoms with Crippen molar-refractivity contribution in [2.75, 3.05) is 17.3 Å². The molecule has 2 atom stereocenters. The van der Waals surface area contributed by atoms with E-state index in [1.54, 1.807) is 23.9 Å². The summed E-state index contributed by atoms with van der Waals surface area (Å²) < 4.78 is 13.2. The summed E-state index contributed by atoms with van der Waals surface area (Å²) in [7, 11) is 0. The van der Waals surface area contributed by atoms with E-state index in [4.69, 9.17) is 11.6 Å². The van der Waals surface area contributed by atoms with Crippen LogP contribution in [-0.4, -0.2) is 33.7 Å². The van der Waals surface area contributed by atoms with Gasteiger partial charge in [0, 0.05) is 28.9 Å². The molecule has 94 valence electrons. The van der Waals surface area contributed by atoms with Gasteiger partial charge in [0.05, 0.1) is 11.1 Å². The lowest BCUT2D eigenvalue weighted by Gasteiger charge is -2.26. The fraction of sp³-hybridized carbons (Fsp3) is 0.500. The van der Waals surface area contributed by atoms with Crippen molar-refractivity contribution in [1.82, 2.24) is 0 Å². The maximum atomic E-state index is 13.2. The second-order valence-electron chi connectivity index (χ2n) is 3.97. The standard InChI is InChI=1S/C12H14ClFOS2/c13-12-8(2-1-3-9(12)14)6-10(15)11-7-16-4-5-17-11/h1-3,10-11,15H,4-7H2. The Labute approximate surface area is 114 Å². The van der Waals surface area contributed by atoms with Crippen molar-refractivity contribution >= 4 is 35.1 Å². The number of benzene rings is 1. The van der Waals surface area contributed by atoms with Crippen molar-refractivity contribution in [2.24, 2.45) is 0 Å². The maximum Gasteiger partial charge on any atom is 0.142 e. The first kappa shape index (κ1) is 13.5. The number of aliphatic hydroxyl groups excluding tert-OH is 1. The molecule has 0 saturated carbocycles. The van der Waals surface area contributed by atoms with E-state index >= 15 is 0 Å². The Hall–Kier alpha value is 0.1000. The van der Waals surface area contributed by atoms with Crippen molar-refractivity contribution in [3.8, 4) is 0 Å². The van der Waals surface area contributed by atoms with E-state index in [1.165, 1.54) is 6.07 Å². The van der Waals surface area contributed by atoms with Gasteiger partial charge in [-0.15, -0.1) is 0 Å². The molecule has 2 unspecified atom stereocenters. The number of thioether (sulfide) groups is 2. The highest BCUT2D eigenvalue weighted by Crippen LogP contribution is 2.29. The summed E-state index contributed by atoms with van der Waals surface area (Å²) in [6, 6.07) is 4.74. The number of rotatable bonds is 3. The van der Waals surface area contributed by atoms with Crippen LogP contribution in [0.4, 0.5) is 4.39 Å². The van der Waals surface area contributed by atoms with Crippen molar-refractivity contribution in [3.05, 3.63) is 34.6 Å². The average molecular weight is 293 g/mol. The smallest absolute Gasteiger partial charge is 0.142 e. The van der Waals surface area contributed by atoms with Crippen LogP contribution in [0.2, 0.25) is 5.02 Å². The van der Waals surface area contributed by atoms with Gasteiger partial charge in [-0.3, -0.25) is 0 Å². The van der Waals surface area contributed by atoms with Gasteiger partial charge >= 0.3 is 0 Å². The maximum absolute atomic E-state index is 13.2. The van der Waals surface area contributed by atoms with Gasteiger partial charge in [-0.2, -0.15) is 23.5 Å². The molecule has 5 heteroatoms. The van der Waals surface area contributed by atoms with Crippen LogP contribution in [-0.2, 0) is 6.42 Å². The quantitative estimate of drug-likeness (QED) is 0.924. The normalized spacial score (nSPS) is 22.4. The summed E-state index contributed by atoms with van der Waals surface area (Å²) in [4.78, 5) is 0. The lowest BCUT2D eigenvalue weighted by Crippen LogP contribution is -2.30. The molecule has 2 rings (SSSR count). The average Bonchev–Trinajstić information content (AvgIpc) is 2.36. The van der Waals surface area contributed by atoms with E-state index < -0.39 is 11.9 Å². The van der Waals surface area contributed by atoms with E-state index in [0.717, 1.165) is 17.3 Å². The largest absolute Gasteiger partial charge is 0.392 e. The highest BCUT2D eigenvalue weighted by atomic mass is 35.5. The Bertz CT molecular complexity index is 383. The molecule has 1 aromatic rings. The van der Waals surface area contributed by atoms with Gasteiger partial charge in [0.1, 0.15) is 5.82 Å². The Balaban J connectivity index is 2.01. The molecule has 1 aromatic carbocycles. The third kappa shape index (κ3) is 3.53. The topological polar surface area (TPSA) is 20.2 Å². The Kier molecular flexibility index (Phi) is 5.03. The molecule has 1 saturated heterocycles. The van der Waals surface area contributed by atoms with Crippen LogP contribution in [0, 0.1) is 5.82 Å². The molecule has 0 radical (unpaired) electrons. The zero-order valence-corrected chi connectivity index (χ0v) is 11.6. The van der Waals surface area contributed by atoms with Gasteiger partial charge in [-0.25, -0.2) is 4.39 Å². The second kappa shape index (κ2) is 6.32. The molecular weight excluding hydrogens is 279 g/mol. The lowest BCUT2D eigenvalue weighted by molar-refractivity contribution is 0.177. The summed E-state index contributed by atoms with van der Waals surface area (Å²) in [5.74, 6) is 2.76. The van der Waals surface area contributed by atoms with Crippen molar-refractivity contribution in [3.63, 3.8) is 0 Å². The second-order valence-corrected chi connectivity index (χ2v) is 6.84. The molecule has 0 aliphatic carbocycles. The molecular formula is C12H14ClFOS2. The first-order chi connectivity index (χ1) is 8.18. The summed E-state index contributed by atoms with van der Waals surface area (Å²) in [5.41, 5.74) is 0.690. The third-order valence-corrected chi connectivity index (χ3v) is 6.06. The molecule has 0 spiro atoms. The first-order valence-corrected chi connectivity index (χ1v) is 8.07. The monoisotopic (exact) mass is 292 g/mol. The molecule has 1 aliphatic heterocycles. The first-order valence-electron chi connectivity index (χ1n) is 5.49. The molecule has 17 heavy (non-hydrogen) atoms. The molecule has 1 N–H and O–H groups in total. The van der Waals surface area contributed by atoms with Gasteiger partial charge in [0.2, 0.25) is 0 Å². The van der Waals surface area contributed by atoms with Gasteiger partial charge in [0.15, 0.2) is 0 Å². The number of hydrogen-bond acceptors (Lipinski definition) is 3. The fourth-order valence-corrected chi connectivity index (χ4v) is 4.77. The van der Waals surface area contributed by atoms with Crippen molar-refractivity contribution in [1.29, 1.82) is 0 Å². The van der Waals surface area contributed by atoms with Crippen LogP contribution >= 0.6 is 35.1 Å². The fourth-order valence-electron chi connectivity index (χ4n) is 1.79. The molecule has 0 aromatic heterocycles. The zero-order chi connectivity index (χ0) is 12.3. The summed E-state index contributed by atoms with van der Waals surface area (Å²) in [6.07, 6.45) is -0.0263. The highest BCUT2D eigenvalue weighted by Gasteiger charge is 2.23. The molecule has 1 heterocycles. The minimum atomic E-state index is -0.452. The number of aliphatic hydroxyl groups is 1.